The second-order valence-electron chi connectivity index (χ2n) is 4.75. The smallest absolute Gasteiger partial charge is 0.266 e. The zero-order valence-electron chi connectivity index (χ0n) is 13.2. The van der Waals surface area contributed by atoms with Crippen molar-refractivity contribution in [2.24, 2.45) is 0 Å². The third kappa shape index (κ3) is 4.28. The van der Waals surface area contributed by atoms with E-state index in [2.05, 4.69) is 5.32 Å². The van der Waals surface area contributed by atoms with E-state index < -0.39 is 5.91 Å². The summed E-state index contributed by atoms with van der Waals surface area (Å²) in [5.74, 6) is 0.533. The van der Waals surface area contributed by atoms with Gasteiger partial charge < -0.3 is 14.8 Å². The minimum absolute atomic E-state index is 0.0507. The third-order valence-corrected chi connectivity index (χ3v) is 3.41. The van der Waals surface area contributed by atoms with E-state index in [0.717, 1.165) is 0 Å². The molecular weight excluding hydrogens is 328 g/mol. The predicted octanol–water partition coefficient (Wildman–Crippen LogP) is 3.90. The molecule has 0 spiro atoms. The van der Waals surface area contributed by atoms with Gasteiger partial charge in [0.05, 0.1) is 19.9 Å². The number of nitrogens with zero attached hydrogens (tertiary/aromatic N) is 1. The Hall–Kier alpha value is -2.97. The molecule has 0 bridgehead atoms. The summed E-state index contributed by atoms with van der Waals surface area (Å²) in [5.41, 5.74) is 1.02. The first-order valence-electron chi connectivity index (χ1n) is 6.98. The summed E-state index contributed by atoms with van der Waals surface area (Å²) in [4.78, 5) is 12.4. The number of halogens is 1. The van der Waals surface area contributed by atoms with Gasteiger partial charge in [-0.3, -0.25) is 4.79 Å². The first-order chi connectivity index (χ1) is 11.6. The lowest BCUT2D eigenvalue weighted by molar-refractivity contribution is -0.112. The van der Waals surface area contributed by atoms with Gasteiger partial charge in [-0.2, -0.15) is 5.26 Å². The molecule has 6 heteroatoms. The van der Waals surface area contributed by atoms with Crippen LogP contribution in [0, 0.1) is 11.3 Å². The molecule has 0 aliphatic rings. The maximum atomic E-state index is 12.4. The molecule has 0 saturated carbocycles. The van der Waals surface area contributed by atoms with Crippen molar-refractivity contribution in [3.8, 4) is 17.6 Å². The molecule has 2 aromatic carbocycles. The van der Waals surface area contributed by atoms with E-state index >= 15 is 0 Å². The number of carbonyl (C=O) groups is 1. The minimum atomic E-state index is -0.555. The number of rotatable bonds is 5. The Morgan fingerprint density at radius 3 is 2.67 bits per heavy atom. The van der Waals surface area contributed by atoms with Crippen molar-refractivity contribution in [1.29, 1.82) is 5.26 Å². The van der Waals surface area contributed by atoms with Crippen LogP contribution in [0.25, 0.3) is 6.08 Å². The summed E-state index contributed by atoms with van der Waals surface area (Å²) < 4.78 is 10.3. The molecule has 0 radical (unpaired) electrons. The number of benzene rings is 2. The molecule has 2 rings (SSSR count). The molecule has 0 aromatic heterocycles. The zero-order valence-corrected chi connectivity index (χ0v) is 13.9. The fraction of sp³-hybridized carbons (Fsp3) is 0.111. The summed E-state index contributed by atoms with van der Waals surface area (Å²) in [6.45, 7) is 0. The lowest BCUT2D eigenvalue weighted by atomic mass is 10.1. The first kappa shape index (κ1) is 17.4. The van der Waals surface area contributed by atoms with E-state index in [1.165, 1.54) is 13.2 Å². The Morgan fingerprint density at radius 1 is 1.21 bits per heavy atom. The molecule has 0 unspecified atom stereocenters. The van der Waals surface area contributed by atoms with Gasteiger partial charge in [-0.1, -0.05) is 23.7 Å². The second-order valence-corrected chi connectivity index (χ2v) is 5.18. The summed E-state index contributed by atoms with van der Waals surface area (Å²) >= 11 is 5.93. The summed E-state index contributed by atoms with van der Waals surface area (Å²) in [5, 5.41) is 12.4. The lowest BCUT2D eigenvalue weighted by Gasteiger charge is -2.10. The van der Waals surface area contributed by atoms with Gasteiger partial charge in [0.1, 0.15) is 23.1 Å². The van der Waals surface area contributed by atoms with Gasteiger partial charge in [-0.25, -0.2) is 0 Å². The molecule has 24 heavy (non-hydrogen) atoms. The van der Waals surface area contributed by atoms with Crippen LogP contribution in [0.4, 0.5) is 5.69 Å². The van der Waals surface area contributed by atoms with E-state index in [0.29, 0.717) is 27.8 Å². The highest BCUT2D eigenvalue weighted by atomic mass is 35.5. The second kappa shape index (κ2) is 8.04. The van der Waals surface area contributed by atoms with Gasteiger partial charge in [0.25, 0.3) is 5.91 Å². The molecule has 0 saturated heterocycles. The topological polar surface area (TPSA) is 71.3 Å². The number of methoxy groups -OCH3 is 2. The molecule has 1 N–H and O–H groups in total. The molecule has 1 amide bonds. The lowest BCUT2D eigenvalue weighted by Crippen LogP contribution is -2.14. The standard InChI is InChI=1S/C18H15ClN2O3/c1-23-15-5-3-4-12(9-15)8-13(11-20)18(22)21-16-10-14(19)6-7-17(16)24-2/h3-10H,1-2H3,(H,21,22)/b13-8+. The van der Waals surface area contributed by atoms with Gasteiger partial charge in [-0.15, -0.1) is 0 Å². The number of ether oxygens (including phenoxy) is 2. The quantitative estimate of drug-likeness (QED) is 0.660. The Kier molecular flexibility index (Phi) is 5.83. The highest BCUT2D eigenvalue weighted by molar-refractivity contribution is 6.31. The van der Waals surface area contributed by atoms with Crippen molar-refractivity contribution >= 4 is 29.3 Å². The van der Waals surface area contributed by atoms with Crippen LogP contribution in [-0.4, -0.2) is 20.1 Å². The van der Waals surface area contributed by atoms with Crippen molar-refractivity contribution in [1.82, 2.24) is 0 Å². The average molecular weight is 343 g/mol. The van der Waals surface area contributed by atoms with Crippen LogP contribution >= 0.6 is 11.6 Å². The van der Waals surface area contributed by atoms with Crippen molar-refractivity contribution in [2.45, 2.75) is 0 Å². The molecule has 5 nitrogen and oxygen atoms in total. The molecule has 2 aromatic rings. The number of hydrogen-bond donors (Lipinski definition) is 1. The number of carbonyl (C=O) groups excluding carboxylic acids is 1. The van der Waals surface area contributed by atoms with Gasteiger partial charge in [0.15, 0.2) is 0 Å². The van der Waals surface area contributed by atoms with Crippen LogP contribution in [0.2, 0.25) is 5.02 Å². The maximum absolute atomic E-state index is 12.4. The number of anilines is 1. The molecule has 0 aliphatic carbocycles. The van der Waals surface area contributed by atoms with Gasteiger partial charge in [0.2, 0.25) is 0 Å². The van der Waals surface area contributed by atoms with Crippen molar-refractivity contribution in [3.05, 3.63) is 58.6 Å². The first-order valence-corrected chi connectivity index (χ1v) is 7.36. The monoisotopic (exact) mass is 342 g/mol. The van der Waals surface area contributed by atoms with E-state index in [1.54, 1.807) is 49.6 Å². The van der Waals surface area contributed by atoms with Crippen LogP contribution in [0.15, 0.2) is 48.0 Å². The van der Waals surface area contributed by atoms with Gasteiger partial charge in [-0.05, 0) is 42.0 Å². The molecule has 0 aliphatic heterocycles. The van der Waals surface area contributed by atoms with Crippen LogP contribution in [0.1, 0.15) is 5.56 Å². The number of amides is 1. The zero-order chi connectivity index (χ0) is 17.5. The van der Waals surface area contributed by atoms with E-state index in [4.69, 9.17) is 21.1 Å². The molecular formula is C18H15ClN2O3. The number of nitrogens with one attached hydrogen (secondary N) is 1. The normalized spacial score (nSPS) is 10.7. The third-order valence-electron chi connectivity index (χ3n) is 3.18. The predicted molar refractivity (Wildman–Crippen MR) is 93.2 cm³/mol. The van der Waals surface area contributed by atoms with Crippen molar-refractivity contribution in [2.75, 3.05) is 19.5 Å². The number of nitriles is 1. The Bertz CT molecular complexity index is 825. The molecule has 0 atom stereocenters. The number of hydrogen-bond acceptors (Lipinski definition) is 4. The highest BCUT2D eigenvalue weighted by Gasteiger charge is 2.13. The maximum Gasteiger partial charge on any atom is 0.266 e. The van der Waals surface area contributed by atoms with Gasteiger partial charge in [0, 0.05) is 5.02 Å². The van der Waals surface area contributed by atoms with E-state index in [1.807, 2.05) is 6.07 Å². The van der Waals surface area contributed by atoms with Crippen LogP contribution in [-0.2, 0) is 4.79 Å². The van der Waals surface area contributed by atoms with E-state index in [9.17, 15) is 10.1 Å². The highest BCUT2D eigenvalue weighted by Crippen LogP contribution is 2.28. The Labute approximate surface area is 145 Å². The van der Waals surface area contributed by atoms with Crippen LogP contribution in [0.5, 0.6) is 11.5 Å². The fourth-order valence-electron chi connectivity index (χ4n) is 2.01. The summed E-state index contributed by atoms with van der Waals surface area (Å²) in [7, 11) is 3.03. The van der Waals surface area contributed by atoms with Crippen molar-refractivity contribution in [3.63, 3.8) is 0 Å². The fourth-order valence-corrected chi connectivity index (χ4v) is 2.19. The van der Waals surface area contributed by atoms with Crippen molar-refractivity contribution < 1.29 is 14.3 Å². The van der Waals surface area contributed by atoms with E-state index in [-0.39, 0.29) is 5.57 Å². The van der Waals surface area contributed by atoms with Crippen LogP contribution < -0.4 is 14.8 Å². The average Bonchev–Trinajstić information content (AvgIpc) is 2.60. The van der Waals surface area contributed by atoms with Crippen LogP contribution in [0.3, 0.4) is 0 Å². The minimum Gasteiger partial charge on any atom is -0.497 e. The largest absolute Gasteiger partial charge is 0.497 e. The molecule has 0 fully saturated rings. The SMILES string of the molecule is COc1cccc(/C=C(\C#N)C(=O)Nc2cc(Cl)ccc2OC)c1. The summed E-state index contributed by atoms with van der Waals surface area (Å²) in [6, 6.07) is 13.8. The summed E-state index contributed by atoms with van der Waals surface area (Å²) in [6.07, 6.45) is 1.48. The Balaban J connectivity index is 2.28. The molecule has 122 valence electrons. The molecule has 0 heterocycles. The van der Waals surface area contributed by atoms with Gasteiger partial charge >= 0.3 is 0 Å². The Morgan fingerprint density at radius 2 is 2.00 bits per heavy atom.